The van der Waals surface area contributed by atoms with Gasteiger partial charge in [-0.15, -0.1) is 10.2 Å². The number of carbonyl (C=O) groups excluding carboxylic acids is 2. The number of anilines is 1. The van der Waals surface area contributed by atoms with Crippen LogP contribution in [0.3, 0.4) is 0 Å². The van der Waals surface area contributed by atoms with Crippen LogP contribution in [0.1, 0.15) is 10.4 Å². The molecule has 0 bridgehead atoms. The molecule has 1 aromatic heterocycles. The number of methoxy groups -OCH3 is 1. The average molecular weight is 479 g/mol. The van der Waals surface area contributed by atoms with E-state index in [-0.39, 0.29) is 17.2 Å². The van der Waals surface area contributed by atoms with Crippen LogP contribution in [0.25, 0.3) is 17.1 Å². The summed E-state index contributed by atoms with van der Waals surface area (Å²) in [6.45, 7) is 0. The van der Waals surface area contributed by atoms with Gasteiger partial charge < -0.3 is 10.1 Å². The van der Waals surface area contributed by atoms with Crippen LogP contribution >= 0.6 is 23.4 Å². The van der Waals surface area contributed by atoms with Crippen LogP contribution in [0, 0.1) is 0 Å². The first-order chi connectivity index (χ1) is 16.1. The largest absolute Gasteiger partial charge is 0.465 e. The molecule has 0 atom stereocenters. The zero-order chi connectivity index (χ0) is 23.2. The van der Waals surface area contributed by atoms with Gasteiger partial charge in [-0.25, -0.2) is 4.79 Å². The van der Waals surface area contributed by atoms with E-state index in [1.165, 1.54) is 18.9 Å². The highest BCUT2D eigenvalue weighted by Crippen LogP contribution is 2.29. The second-order valence-corrected chi connectivity index (χ2v) is 8.24. The summed E-state index contributed by atoms with van der Waals surface area (Å²) in [6.07, 6.45) is 0. The van der Waals surface area contributed by atoms with Crippen molar-refractivity contribution in [1.29, 1.82) is 0 Å². The van der Waals surface area contributed by atoms with Crippen molar-refractivity contribution in [1.82, 2.24) is 14.8 Å². The lowest BCUT2D eigenvalue weighted by Gasteiger charge is -2.11. The fraction of sp³-hybridized carbons (Fsp3) is 0.0833. The van der Waals surface area contributed by atoms with Gasteiger partial charge in [0, 0.05) is 16.3 Å². The van der Waals surface area contributed by atoms with E-state index in [0.717, 1.165) is 11.3 Å². The number of rotatable bonds is 7. The van der Waals surface area contributed by atoms with Crippen LogP contribution in [0.2, 0.25) is 5.02 Å². The number of carbonyl (C=O) groups is 2. The molecule has 0 aliphatic heterocycles. The molecule has 4 aromatic rings. The minimum absolute atomic E-state index is 0.0655. The summed E-state index contributed by atoms with van der Waals surface area (Å²) in [4.78, 5) is 24.6. The number of hydrogen-bond donors (Lipinski definition) is 1. The van der Waals surface area contributed by atoms with Crippen LogP contribution in [0.5, 0.6) is 0 Å². The number of benzene rings is 3. The van der Waals surface area contributed by atoms with Crippen molar-refractivity contribution in [3.63, 3.8) is 0 Å². The maximum Gasteiger partial charge on any atom is 0.339 e. The van der Waals surface area contributed by atoms with Crippen LogP contribution in [0.15, 0.2) is 84.0 Å². The van der Waals surface area contributed by atoms with Gasteiger partial charge in [-0.3, -0.25) is 9.36 Å². The lowest BCUT2D eigenvalue weighted by Crippen LogP contribution is -2.17. The SMILES string of the molecule is COC(=O)c1ccccc1NC(=O)CSc1nnc(-c2cccc(Cl)c2)n1-c1ccccc1. The molecule has 1 heterocycles. The smallest absolute Gasteiger partial charge is 0.339 e. The second kappa shape index (κ2) is 10.3. The molecule has 33 heavy (non-hydrogen) atoms. The fourth-order valence-electron chi connectivity index (χ4n) is 3.18. The Morgan fingerprint density at radius 3 is 2.52 bits per heavy atom. The summed E-state index contributed by atoms with van der Waals surface area (Å²) >= 11 is 7.41. The van der Waals surface area contributed by atoms with E-state index in [9.17, 15) is 9.59 Å². The van der Waals surface area contributed by atoms with E-state index in [2.05, 4.69) is 15.5 Å². The summed E-state index contributed by atoms with van der Waals surface area (Å²) < 4.78 is 6.66. The maximum absolute atomic E-state index is 12.7. The molecule has 0 unspecified atom stereocenters. The standard InChI is InChI=1S/C24H19ClN4O3S/c1-32-23(31)19-12-5-6-13-20(19)26-21(30)15-33-24-28-27-22(16-8-7-9-17(25)14-16)29(24)18-10-3-2-4-11-18/h2-14H,15H2,1H3,(H,26,30). The molecule has 0 fully saturated rings. The first-order valence-electron chi connectivity index (χ1n) is 9.93. The molecular weight excluding hydrogens is 460 g/mol. The molecule has 0 radical (unpaired) electrons. The van der Waals surface area contributed by atoms with Gasteiger partial charge >= 0.3 is 5.97 Å². The third kappa shape index (κ3) is 5.24. The Morgan fingerprint density at radius 2 is 1.76 bits per heavy atom. The molecule has 0 saturated heterocycles. The van der Waals surface area contributed by atoms with Gasteiger partial charge in [-0.05, 0) is 36.4 Å². The normalized spacial score (nSPS) is 10.6. The predicted octanol–water partition coefficient (Wildman–Crippen LogP) is 5.11. The van der Waals surface area contributed by atoms with Gasteiger partial charge in [0.2, 0.25) is 5.91 Å². The predicted molar refractivity (Wildman–Crippen MR) is 129 cm³/mol. The maximum atomic E-state index is 12.7. The molecule has 1 N–H and O–H groups in total. The van der Waals surface area contributed by atoms with E-state index in [0.29, 0.717) is 21.7 Å². The van der Waals surface area contributed by atoms with Crippen LogP contribution in [0.4, 0.5) is 5.69 Å². The third-order valence-corrected chi connectivity index (χ3v) is 5.83. The molecule has 0 spiro atoms. The topological polar surface area (TPSA) is 86.1 Å². The summed E-state index contributed by atoms with van der Waals surface area (Å²) in [6, 6.07) is 23.7. The number of ether oxygens (including phenoxy) is 1. The van der Waals surface area contributed by atoms with Crippen molar-refractivity contribution in [3.05, 3.63) is 89.4 Å². The van der Waals surface area contributed by atoms with E-state index in [1.54, 1.807) is 30.3 Å². The van der Waals surface area contributed by atoms with Gasteiger partial charge in [-0.1, -0.05) is 65.8 Å². The van der Waals surface area contributed by atoms with Gasteiger partial charge in [-0.2, -0.15) is 0 Å². The van der Waals surface area contributed by atoms with Crippen molar-refractivity contribution in [2.45, 2.75) is 5.16 Å². The number of thioether (sulfide) groups is 1. The van der Waals surface area contributed by atoms with Crippen molar-refractivity contribution in [2.75, 3.05) is 18.2 Å². The first kappa shape index (κ1) is 22.6. The molecule has 7 nitrogen and oxygen atoms in total. The Bertz CT molecular complexity index is 1290. The molecule has 4 rings (SSSR count). The van der Waals surface area contributed by atoms with Gasteiger partial charge in [0.25, 0.3) is 0 Å². The molecule has 1 amide bonds. The molecule has 0 aliphatic carbocycles. The number of hydrogen-bond acceptors (Lipinski definition) is 6. The lowest BCUT2D eigenvalue weighted by molar-refractivity contribution is -0.113. The van der Waals surface area contributed by atoms with Crippen LogP contribution < -0.4 is 5.32 Å². The van der Waals surface area contributed by atoms with Gasteiger partial charge in [0.15, 0.2) is 11.0 Å². The molecule has 0 aliphatic rings. The summed E-state index contributed by atoms with van der Waals surface area (Å²) in [7, 11) is 1.30. The fourth-order valence-corrected chi connectivity index (χ4v) is 4.13. The lowest BCUT2D eigenvalue weighted by atomic mass is 10.2. The van der Waals surface area contributed by atoms with E-state index in [4.69, 9.17) is 16.3 Å². The molecule has 0 saturated carbocycles. The van der Waals surface area contributed by atoms with Crippen molar-refractivity contribution in [2.24, 2.45) is 0 Å². The summed E-state index contributed by atoms with van der Waals surface area (Å²) in [5, 5.41) is 12.6. The van der Waals surface area contributed by atoms with Crippen molar-refractivity contribution in [3.8, 4) is 17.1 Å². The Kier molecular flexibility index (Phi) is 7.07. The third-order valence-electron chi connectivity index (χ3n) is 4.67. The van der Waals surface area contributed by atoms with Crippen molar-refractivity contribution >= 4 is 40.9 Å². The number of amides is 1. The number of aromatic nitrogens is 3. The number of halogens is 1. The number of nitrogens with one attached hydrogen (secondary N) is 1. The van der Waals surface area contributed by atoms with Crippen molar-refractivity contribution < 1.29 is 14.3 Å². The Hall–Kier alpha value is -3.62. The number of para-hydroxylation sites is 2. The summed E-state index contributed by atoms with van der Waals surface area (Å²) in [5.41, 5.74) is 2.34. The minimum atomic E-state index is -0.520. The highest BCUT2D eigenvalue weighted by Gasteiger charge is 2.18. The number of esters is 1. The first-order valence-corrected chi connectivity index (χ1v) is 11.3. The average Bonchev–Trinajstić information content (AvgIpc) is 3.27. The van der Waals surface area contributed by atoms with E-state index >= 15 is 0 Å². The highest BCUT2D eigenvalue weighted by molar-refractivity contribution is 7.99. The molecule has 166 valence electrons. The van der Waals surface area contributed by atoms with Gasteiger partial charge in [0.1, 0.15) is 0 Å². The second-order valence-electron chi connectivity index (χ2n) is 6.86. The highest BCUT2D eigenvalue weighted by atomic mass is 35.5. The molecule has 3 aromatic carbocycles. The van der Waals surface area contributed by atoms with E-state index < -0.39 is 5.97 Å². The quantitative estimate of drug-likeness (QED) is 0.293. The zero-order valence-corrected chi connectivity index (χ0v) is 19.1. The Labute approximate surface area is 199 Å². The van der Waals surface area contributed by atoms with Crippen LogP contribution in [-0.2, 0) is 9.53 Å². The number of nitrogens with zero attached hydrogens (tertiary/aromatic N) is 3. The van der Waals surface area contributed by atoms with E-state index in [1.807, 2.05) is 53.1 Å². The Morgan fingerprint density at radius 1 is 1.00 bits per heavy atom. The monoisotopic (exact) mass is 478 g/mol. The van der Waals surface area contributed by atoms with Gasteiger partial charge in [0.05, 0.1) is 24.1 Å². The van der Waals surface area contributed by atoms with Crippen LogP contribution in [-0.4, -0.2) is 39.5 Å². The Balaban J connectivity index is 1.58. The molecular formula is C24H19ClN4O3S. The molecule has 9 heteroatoms. The minimum Gasteiger partial charge on any atom is -0.465 e. The summed E-state index contributed by atoms with van der Waals surface area (Å²) in [5.74, 6) is -0.129. The zero-order valence-electron chi connectivity index (χ0n) is 17.6.